The van der Waals surface area contributed by atoms with Crippen molar-refractivity contribution in [2.75, 3.05) is 31.5 Å². The molecule has 3 rings (SSSR count). The normalized spacial score (nSPS) is 13.9. The van der Waals surface area contributed by atoms with Crippen molar-refractivity contribution in [1.82, 2.24) is 4.90 Å². The SMILES string of the molecule is CCN(CC)CCNc1ccc(C)c2sc3c(c(=O)c12)CCC(C)=C3. The lowest BCUT2D eigenvalue weighted by atomic mass is 9.97. The molecule has 0 bridgehead atoms. The molecular formula is C21H28N2OS. The van der Waals surface area contributed by atoms with Crippen molar-refractivity contribution >= 4 is 33.2 Å². The highest BCUT2D eigenvalue weighted by atomic mass is 32.1. The van der Waals surface area contributed by atoms with Crippen molar-refractivity contribution in [3.05, 3.63) is 43.9 Å². The Bertz CT molecular complexity index is 862. The van der Waals surface area contributed by atoms with Gasteiger partial charge in [-0.1, -0.05) is 25.5 Å². The fourth-order valence-corrected chi connectivity index (χ4v) is 4.82. The van der Waals surface area contributed by atoms with Gasteiger partial charge in [0.2, 0.25) is 0 Å². The minimum absolute atomic E-state index is 0.224. The van der Waals surface area contributed by atoms with Crippen LogP contribution in [0.2, 0.25) is 0 Å². The summed E-state index contributed by atoms with van der Waals surface area (Å²) in [5, 5.41) is 4.41. The van der Waals surface area contributed by atoms with Crippen LogP contribution in [0.1, 0.15) is 43.2 Å². The van der Waals surface area contributed by atoms with E-state index in [9.17, 15) is 4.79 Å². The lowest BCUT2D eigenvalue weighted by Crippen LogP contribution is -2.28. The van der Waals surface area contributed by atoms with Gasteiger partial charge in [-0.3, -0.25) is 4.79 Å². The molecule has 1 N–H and O–H groups in total. The zero-order valence-corrected chi connectivity index (χ0v) is 16.6. The first-order chi connectivity index (χ1) is 12.0. The molecule has 1 aliphatic carbocycles. The van der Waals surface area contributed by atoms with Crippen molar-refractivity contribution in [3.8, 4) is 0 Å². The molecule has 0 radical (unpaired) electrons. The van der Waals surface area contributed by atoms with Gasteiger partial charge in [0, 0.05) is 33.9 Å². The van der Waals surface area contributed by atoms with E-state index in [1.807, 2.05) is 0 Å². The predicted molar refractivity (Wildman–Crippen MR) is 111 cm³/mol. The van der Waals surface area contributed by atoms with Gasteiger partial charge < -0.3 is 10.2 Å². The molecule has 1 aromatic heterocycles. The summed E-state index contributed by atoms with van der Waals surface area (Å²) in [5.41, 5.74) is 4.77. The summed E-state index contributed by atoms with van der Waals surface area (Å²) >= 11 is 1.77. The van der Waals surface area contributed by atoms with Crippen LogP contribution in [-0.4, -0.2) is 31.1 Å². The maximum atomic E-state index is 13.2. The number of nitrogens with zero attached hydrogens (tertiary/aromatic N) is 1. The van der Waals surface area contributed by atoms with E-state index in [2.05, 4.69) is 56.1 Å². The number of hydrogen-bond acceptors (Lipinski definition) is 4. The third-order valence-corrected chi connectivity index (χ3v) is 6.46. The molecule has 0 aliphatic heterocycles. The van der Waals surface area contributed by atoms with Crippen LogP contribution in [0.5, 0.6) is 0 Å². The van der Waals surface area contributed by atoms with Crippen molar-refractivity contribution in [2.24, 2.45) is 0 Å². The summed E-state index contributed by atoms with van der Waals surface area (Å²) in [6.07, 6.45) is 4.07. The summed E-state index contributed by atoms with van der Waals surface area (Å²) in [6, 6.07) is 4.20. The molecule has 0 unspecified atom stereocenters. The molecule has 0 saturated heterocycles. The van der Waals surface area contributed by atoms with Gasteiger partial charge in [-0.25, -0.2) is 0 Å². The second-order valence-corrected chi connectivity index (χ2v) is 7.90. The Balaban J connectivity index is 2.01. The van der Waals surface area contributed by atoms with Crippen LogP contribution >= 0.6 is 11.3 Å². The van der Waals surface area contributed by atoms with E-state index in [1.165, 1.54) is 11.1 Å². The van der Waals surface area contributed by atoms with Gasteiger partial charge in [0.1, 0.15) is 0 Å². The van der Waals surface area contributed by atoms with Gasteiger partial charge in [-0.15, -0.1) is 11.3 Å². The van der Waals surface area contributed by atoms with Crippen molar-refractivity contribution in [2.45, 2.75) is 40.5 Å². The molecule has 0 amide bonds. The topological polar surface area (TPSA) is 32.3 Å². The van der Waals surface area contributed by atoms with E-state index in [0.29, 0.717) is 0 Å². The molecule has 0 fully saturated rings. The predicted octanol–water partition coefficient (Wildman–Crippen LogP) is 4.67. The molecule has 1 heterocycles. The van der Waals surface area contributed by atoms with E-state index in [-0.39, 0.29) is 5.43 Å². The highest BCUT2D eigenvalue weighted by molar-refractivity contribution is 7.19. The first-order valence-electron chi connectivity index (χ1n) is 9.27. The monoisotopic (exact) mass is 356 g/mol. The molecule has 4 heteroatoms. The van der Waals surface area contributed by atoms with Crippen LogP contribution in [0.4, 0.5) is 5.69 Å². The van der Waals surface area contributed by atoms with Crippen molar-refractivity contribution < 1.29 is 0 Å². The number of anilines is 1. The second-order valence-electron chi connectivity index (χ2n) is 6.85. The van der Waals surface area contributed by atoms with Gasteiger partial charge in [0.05, 0.1) is 5.39 Å². The summed E-state index contributed by atoms with van der Waals surface area (Å²) < 4.78 is 1.13. The Morgan fingerprint density at radius 2 is 1.92 bits per heavy atom. The van der Waals surface area contributed by atoms with Gasteiger partial charge in [-0.05, 0) is 57.5 Å². The minimum atomic E-state index is 0.224. The number of nitrogens with one attached hydrogen (secondary N) is 1. The van der Waals surface area contributed by atoms with Crippen LogP contribution in [0.15, 0.2) is 22.5 Å². The molecule has 134 valence electrons. The molecule has 1 aromatic carbocycles. The third kappa shape index (κ3) is 3.65. The lowest BCUT2D eigenvalue weighted by molar-refractivity contribution is 0.316. The molecule has 25 heavy (non-hydrogen) atoms. The number of hydrogen-bond donors (Lipinski definition) is 1. The second kappa shape index (κ2) is 7.71. The number of aryl methyl sites for hydroxylation is 1. The van der Waals surface area contributed by atoms with Crippen LogP contribution in [0.3, 0.4) is 0 Å². The van der Waals surface area contributed by atoms with Crippen LogP contribution in [-0.2, 0) is 6.42 Å². The van der Waals surface area contributed by atoms with Gasteiger partial charge >= 0.3 is 0 Å². The third-order valence-electron chi connectivity index (χ3n) is 5.15. The number of rotatable bonds is 6. The maximum Gasteiger partial charge on any atom is 0.193 e. The lowest BCUT2D eigenvalue weighted by Gasteiger charge is -2.20. The number of fused-ring (bicyclic) bond motifs is 2. The number of likely N-dealkylation sites (N-methyl/N-ethyl adjacent to an activating group) is 1. The Hall–Kier alpha value is -1.65. The molecule has 2 aromatic rings. The zero-order chi connectivity index (χ0) is 18.0. The molecule has 0 spiro atoms. The highest BCUT2D eigenvalue weighted by Gasteiger charge is 2.18. The fourth-order valence-electron chi connectivity index (χ4n) is 3.49. The molecule has 1 aliphatic rings. The van der Waals surface area contributed by atoms with E-state index in [1.54, 1.807) is 11.3 Å². The number of allylic oxidation sites excluding steroid dienone is 1. The summed E-state index contributed by atoms with van der Waals surface area (Å²) in [4.78, 5) is 16.7. The average Bonchev–Trinajstić information content (AvgIpc) is 2.60. The highest BCUT2D eigenvalue weighted by Crippen LogP contribution is 2.34. The first kappa shape index (κ1) is 18.2. The zero-order valence-electron chi connectivity index (χ0n) is 15.7. The minimum Gasteiger partial charge on any atom is -0.383 e. The van der Waals surface area contributed by atoms with Crippen LogP contribution in [0, 0.1) is 6.92 Å². The van der Waals surface area contributed by atoms with Crippen molar-refractivity contribution in [1.29, 1.82) is 0 Å². The van der Waals surface area contributed by atoms with Gasteiger partial charge in [0.25, 0.3) is 0 Å². The number of benzene rings is 1. The van der Waals surface area contributed by atoms with Crippen molar-refractivity contribution in [3.63, 3.8) is 0 Å². The van der Waals surface area contributed by atoms with Gasteiger partial charge in [0.15, 0.2) is 5.43 Å². The quantitative estimate of drug-likeness (QED) is 0.816. The maximum absolute atomic E-state index is 13.2. The summed E-state index contributed by atoms with van der Waals surface area (Å²) in [7, 11) is 0. The van der Waals surface area contributed by atoms with E-state index in [0.717, 1.165) is 65.2 Å². The Morgan fingerprint density at radius 1 is 1.16 bits per heavy atom. The molecule has 0 atom stereocenters. The van der Waals surface area contributed by atoms with E-state index < -0.39 is 0 Å². The first-order valence-corrected chi connectivity index (χ1v) is 10.1. The van der Waals surface area contributed by atoms with Crippen LogP contribution < -0.4 is 10.7 Å². The molecule has 0 saturated carbocycles. The fraction of sp³-hybridized carbons (Fsp3) is 0.476. The smallest absolute Gasteiger partial charge is 0.193 e. The van der Waals surface area contributed by atoms with Gasteiger partial charge in [-0.2, -0.15) is 0 Å². The average molecular weight is 357 g/mol. The van der Waals surface area contributed by atoms with Crippen LogP contribution in [0.25, 0.3) is 16.2 Å². The Morgan fingerprint density at radius 3 is 2.64 bits per heavy atom. The molecule has 3 nitrogen and oxygen atoms in total. The Labute approximate surface area is 154 Å². The summed E-state index contributed by atoms with van der Waals surface area (Å²) in [5.74, 6) is 0. The standard InChI is InChI=1S/C21H28N2OS/c1-5-23(6-2)12-11-22-17-10-8-15(4)21-19(17)20(24)16-9-7-14(3)13-18(16)25-21/h8,10,13,22H,5-7,9,11-12H2,1-4H3. The Kier molecular flexibility index (Phi) is 5.60. The summed E-state index contributed by atoms with van der Waals surface area (Å²) in [6.45, 7) is 12.6. The molecular weight excluding hydrogens is 328 g/mol. The van der Waals surface area contributed by atoms with E-state index >= 15 is 0 Å². The van der Waals surface area contributed by atoms with E-state index in [4.69, 9.17) is 0 Å². The largest absolute Gasteiger partial charge is 0.383 e.